The van der Waals surface area contributed by atoms with E-state index in [1.165, 1.54) is 12.1 Å². The standard InChI is InChI=1S/C23H31FN4O3/c1-2-25-23(27-12-6-13-29-17-21-10-5-14-30-21)28-16-18-7-4-11-26-22(18)31-20-9-3-8-19(24)15-20/h3-4,7-9,11,15,21H,2,5-6,10,12-14,16-17H2,1H3,(H2,25,27,28). The maximum Gasteiger partial charge on any atom is 0.224 e. The number of guanidine groups is 1. The second-order valence-corrected chi connectivity index (χ2v) is 7.21. The lowest BCUT2D eigenvalue weighted by atomic mass is 10.2. The predicted octanol–water partition coefficient (Wildman–Crippen LogP) is 3.65. The third-order valence-electron chi connectivity index (χ3n) is 4.70. The van der Waals surface area contributed by atoms with E-state index in [1.54, 1.807) is 18.3 Å². The second kappa shape index (κ2) is 12.9. The van der Waals surface area contributed by atoms with E-state index in [1.807, 2.05) is 19.1 Å². The fraction of sp³-hybridized carbons (Fsp3) is 0.478. The molecule has 2 aromatic rings. The van der Waals surface area contributed by atoms with E-state index in [2.05, 4.69) is 20.6 Å². The number of aromatic nitrogens is 1. The Hall–Kier alpha value is -2.71. The summed E-state index contributed by atoms with van der Waals surface area (Å²) in [7, 11) is 0. The molecule has 1 unspecified atom stereocenters. The highest BCUT2D eigenvalue weighted by atomic mass is 19.1. The summed E-state index contributed by atoms with van der Waals surface area (Å²) in [5.74, 6) is 1.17. The summed E-state index contributed by atoms with van der Waals surface area (Å²) in [5.41, 5.74) is 0.809. The van der Waals surface area contributed by atoms with Crippen LogP contribution in [0.2, 0.25) is 0 Å². The highest BCUT2D eigenvalue weighted by molar-refractivity contribution is 5.79. The SMILES string of the molecule is CCNC(=NCc1cccnc1Oc1cccc(F)c1)NCCCOCC1CCCO1. The lowest BCUT2D eigenvalue weighted by molar-refractivity contribution is 0.0168. The third kappa shape index (κ3) is 8.15. The Balaban J connectivity index is 1.48. The first-order chi connectivity index (χ1) is 15.2. The van der Waals surface area contributed by atoms with Gasteiger partial charge in [-0.15, -0.1) is 0 Å². The molecule has 1 aliphatic heterocycles. The van der Waals surface area contributed by atoms with E-state index in [0.717, 1.165) is 44.5 Å². The lowest BCUT2D eigenvalue weighted by Crippen LogP contribution is -2.38. The molecule has 1 saturated heterocycles. The van der Waals surface area contributed by atoms with Crippen molar-refractivity contribution in [3.63, 3.8) is 0 Å². The molecule has 31 heavy (non-hydrogen) atoms. The van der Waals surface area contributed by atoms with Crippen LogP contribution in [0.25, 0.3) is 0 Å². The van der Waals surface area contributed by atoms with Gasteiger partial charge < -0.3 is 24.8 Å². The summed E-state index contributed by atoms with van der Waals surface area (Å²) in [6, 6.07) is 9.72. The summed E-state index contributed by atoms with van der Waals surface area (Å²) >= 11 is 0. The maximum atomic E-state index is 13.4. The number of nitrogens with zero attached hydrogens (tertiary/aromatic N) is 2. The largest absolute Gasteiger partial charge is 0.439 e. The molecule has 3 rings (SSSR count). The quantitative estimate of drug-likeness (QED) is 0.322. The van der Waals surface area contributed by atoms with Gasteiger partial charge >= 0.3 is 0 Å². The van der Waals surface area contributed by atoms with E-state index >= 15 is 0 Å². The zero-order chi connectivity index (χ0) is 21.7. The highest BCUT2D eigenvalue weighted by Gasteiger charge is 2.15. The van der Waals surface area contributed by atoms with Crippen molar-refractivity contribution in [2.24, 2.45) is 4.99 Å². The molecule has 1 aromatic carbocycles. The van der Waals surface area contributed by atoms with Crippen molar-refractivity contribution < 1.29 is 18.6 Å². The van der Waals surface area contributed by atoms with Crippen LogP contribution in [-0.2, 0) is 16.0 Å². The van der Waals surface area contributed by atoms with Gasteiger partial charge in [-0.25, -0.2) is 14.4 Å². The fourth-order valence-electron chi connectivity index (χ4n) is 3.16. The van der Waals surface area contributed by atoms with Crippen LogP contribution in [0.1, 0.15) is 31.7 Å². The van der Waals surface area contributed by atoms with Gasteiger partial charge in [-0.05, 0) is 44.4 Å². The molecule has 8 heteroatoms. The molecule has 168 valence electrons. The van der Waals surface area contributed by atoms with Gasteiger partial charge in [-0.2, -0.15) is 0 Å². The smallest absolute Gasteiger partial charge is 0.224 e. The van der Waals surface area contributed by atoms with Crippen molar-refractivity contribution >= 4 is 5.96 Å². The number of hydrogen-bond acceptors (Lipinski definition) is 5. The minimum atomic E-state index is -0.355. The molecule has 1 atom stereocenters. The average Bonchev–Trinajstić information content (AvgIpc) is 3.29. The van der Waals surface area contributed by atoms with Crippen molar-refractivity contribution in [1.82, 2.24) is 15.6 Å². The molecule has 0 aliphatic carbocycles. The van der Waals surface area contributed by atoms with Crippen LogP contribution >= 0.6 is 0 Å². The first-order valence-corrected chi connectivity index (χ1v) is 10.8. The molecule has 7 nitrogen and oxygen atoms in total. The fourth-order valence-corrected chi connectivity index (χ4v) is 3.16. The van der Waals surface area contributed by atoms with Crippen LogP contribution in [0.4, 0.5) is 4.39 Å². The molecule has 0 radical (unpaired) electrons. The van der Waals surface area contributed by atoms with Crippen molar-refractivity contribution in [2.75, 3.05) is 32.9 Å². The summed E-state index contributed by atoms with van der Waals surface area (Å²) in [5, 5.41) is 6.55. The normalized spacial score (nSPS) is 16.3. The van der Waals surface area contributed by atoms with E-state index < -0.39 is 0 Å². The second-order valence-electron chi connectivity index (χ2n) is 7.21. The molecule has 2 N–H and O–H groups in total. The average molecular weight is 431 g/mol. The Bertz CT molecular complexity index is 828. The van der Waals surface area contributed by atoms with Crippen LogP contribution in [0.5, 0.6) is 11.6 Å². The zero-order valence-corrected chi connectivity index (χ0v) is 18.0. The van der Waals surface area contributed by atoms with E-state index in [4.69, 9.17) is 14.2 Å². The van der Waals surface area contributed by atoms with Crippen LogP contribution in [-0.4, -0.2) is 50.0 Å². The summed E-state index contributed by atoms with van der Waals surface area (Å²) in [6.45, 7) is 6.10. The summed E-state index contributed by atoms with van der Waals surface area (Å²) in [6.07, 6.45) is 4.99. The number of rotatable bonds is 11. The topological polar surface area (TPSA) is 77.0 Å². The van der Waals surface area contributed by atoms with Crippen LogP contribution < -0.4 is 15.4 Å². The molecule has 1 aromatic heterocycles. The van der Waals surface area contributed by atoms with Crippen molar-refractivity contribution in [3.8, 4) is 11.6 Å². The molecule has 1 fully saturated rings. The van der Waals surface area contributed by atoms with E-state index in [-0.39, 0.29) is 11.9 Å². The molecule has 2 heterocycles. The minimum Gasteiger partial charge on any atom is -0.439 e. The Morgan fingerprint density at radius 3 is 3.03 bits per heavy atom. The van der Waals surface area contributed by atoms with Crippen LogP contribution in [0.3, 0.4) is 0 Å². The number of ether oxygens (including phenoxy) is 3. The Labute approximate surface area is 183 Å². The first kappa shape index (κ1) is 23.0. The minimum absolute atomic E-state index is 0.259. The maximum absolute atomic E-state index is 13.4. The highest BCUT2D eigenvalue weighted by Crippen LogP contribution is 2.23. The molecular formula is C23H31FN4O3. The molecule has 0 bridgehead atoms. The third-order valence-corrected chi connectivity index (χ3v) is 4.70. The molecule has 0 amide bonds. The number of benzene rings is 1. The molecule has 0 saturated carbocycles. The first-order valence-electron chi connectivity index (χ1n) is 10.8. The number of hydrogen-bond donors (Lipinski definition) is 2. The monoisotopic (exact) mass is 430 g/mol. The Morgan fingerprint density at radius 2 is 2.23 bits per heavy atom. The van der Waals surface area contributed by atoms with Gasteiger partial charge in [0, 0.05) is 44.1 Å². The van der Waals surface area contributed by atoms with Gasteiger partial charge in [0.15, 0.2) is 5.96 Å². The number of nitrogens with one attached hydrogen (secondary N) is 2. The Morgan fingerprint density at radius 1 is 1.29 bits per heavy atom. The number of halogens is 1. The van der Waals surface area contributed by atoms with Gasteiger partial charge in [-0.3, -0.25) is 0 Å². The zero-order valence-electron chi connectivity index (χ0n) is 18.0. The lowest BCUT2D eigenvalue weighted by Gasteiger charge is -2.13. The van der Waals surface area contributed by atoms with Crippen molar-refractivity contribution in [1.29, 1.82) is 0 Å². The number of aliphatic imine (C=N–C) groups is 1. The molecule has 0 spiro atoms. The summed E-state index contributed by atoms with van der Waals surface area (Å²) < 4.78 is 30.4. The van der Waals surface area contributed by atoms with Gasteiger partial charge in [0.05, 0.1) is 19.3 Å². The van der Waals surface area contributed by atoms with Gasteiger partial charge in [0.25, 0.3) is 0 Å². The van der Waals surface area contributed by atoms with E-state index in [0.29, 0.717) is 37.3 Å². The number of pyridine rings is 1. The van der Waals surface area contributed by atoms with Crippen LogP contribution in [0, 0.1) is 5.82 Å². The van der Waals surface area contributed by atoms with Crippen LogP contribution in [0.15, 0.2) is 47.6 Å². The Kier molecular flexibility index (Phi) is 9.53. The van der Waals surface area contributed by atoms with Crippen molar-refractivity contribution in [2.45, 2.75) is 38.8 Å². The summed E-state index contributed by atoms with van der Waals surface area (Å²) in [4.78, 5) is 8.90. The predicted molar refractivity (Wildman–Crippen MR) is 118 cm³/mol. The molecular weight excluding hydrogens is 399 g/mol. The van der Waals surface area contributed by atoms with Gasteiger partial charge in [0.2, 0.25) is 5.88 Å². The van der Waals surface area contributed by atoms with Crippen molar-refractivity contribution in [3.05, 3.63) is 54.0 Å². The van der Waals surface area contributed by atoms with Gasteiger partial charge in [0.1, 0.15) is 11.6 Å². The van der Waals surface area contributed by atoms with Gasteiger partial charge in [-0.1, -0.05) is 12.1 Å². The van der Waals surface area contributed by atoms with E-state index in [9.17, 15) is 4.39 Å². The molecule has 1 aliphatic rings.